The van der Waals surface area contributed by atoms with Crippen LogP contribution in [0.2, 0.25) is 0 Å². The lowest BCUT2D eigenvalue weighted by Gasteiger charge is -2.45. The van der Waals surface area contributed by atoms with Crippen molar-refractivity contribution in [1.29, 1.82) is 0 Å². The number of rotatable bonds is 8. The van der Waals surface area contributed by atoms with E-state index in [2.05, 4.69) is 62.9 Å². The van der Waals surface area contributed by atoms with E-state index in [1.54, 1.807) is 31.2 Å². The van der Waals surface area contributed by atoms with Crippen molar-refractivity contribution in [2.75, 3.05) is 13.1 Å². The van der Waals surface area contributed by atoms with Gasteiger partial charge in [0.25, 0.3) is 5.91 Å². The van der Waals surface area contributed by atoms with Crippen molar-refractivity contribution in [3.63, 3.8) is 0 Å². The molecule has 1 aliphatic rings. The molecule has 5 rings (SSSR count). The molecule has 1 amide bonds. The summed E-state index contributed by atoms with van der Waals surface area (Å²) in [4.78, 5) is 29.1. The zero-order valence-electron chi connectivity index (χ0n) is 21.9. The molecule has 2 aromatic carbocycles. The fourth-order valence-corrected chi connectivity index (χ4v) is 5.26. The Morgan fingerprint density at radius 1 is 0.946 bits per heavy atom. The van der Waals surface area contributed by atoms with Gasteiger partial charge in [0.05, 0.1) is 12.7 Å². The Bertz CT molecular complexity index is 1140. The van der Waals surface area contributed by atoms with E-state index in [0.717, 1.165) is 37.2 Å². The van der Waals surface area contributed by atoms with Gasteiger partial charge >= 0.3 is 0 Å². The summed E-state index contributed by atoms with van der Waals surface area (Å²) in [6.07, 6.45) is 15.2. The smallest absolute Gasteiger partial charge is 0.254 e. The first-order chi connectivity index (χ1) is 18.2. The first kappa shape index (κ1) is 26.4. The number of nitrogens with zero attached hydrogens (tertiary/aromatic N) is 5. The summed E-state index contributed by atoms with van der Waals surface area (Å²) >= 11 is 0. The molecule has 2 unspecified atom stereocenters. The van der Waals surface area contributed by atoms with Crippen molar-refractivity contribution in [2.45, 2.75) is 58.2 Å². The molecule has 2 heterocycles. The van der Waals surface area contributed by atoms with Crippen LogP contribution < -0.4 is 0 Å². The minimum atomic E-state index is 0.120. The minimum absolute atomic E-state index is 0.120. The topological polar surface area (TPSA) is 70.1 Å². The van der Waals surface area contributed by atoms with Gasteiger partial charge in [-0.1, -0.05) is 57.0 Å². The van der Waals surface area contributed by atoms with Crippen LogP contribution in [-0.4, -0.2) is 60.4 Å². The lowest BCUT2D eigenvalue weighted by Crippen LogP contribution is -2.54. The molecule has 1 fully saturated rings. The van der Waals surface area contributed by atoms with Crippen molar-refractivity contribution in [2.24, 2.45) is 0 Å². The fraction of sp³-hybridized carbons (Fsp3) is 0.367. The van der Waals surface area contributed by atoms with Gasteiger partial charge in [-0.15, -0.1) is 0 Å². The number of aromatic amines is 1. The Morgan fingerprint density at radius 2 is 1.68 bits per heavy atom. The van der Waals surface area contributed by atoms with Crippen LogP contribution in [0.5, 0.6) is 0 Å². The molecular formula is C30H38N6O. The summed E-state index contributed by atoms with van der Waals surface area (Å²) in [5.41, 5.74) is 2.93. The highest BCUT2D eigenvalue weighted by Gasteiger charge is 2.35. The monoisotopic (exact) mass is 498 g/mol. The Hall–Kier alpha value is -3.71. The average molecular weight is 499 g/mol. The second-order valence-corrected chi connectivity index (χ2v) is 9.34. The summed E-state index contributed by atoms with van der Waals surface area (Å²) in [5.74, 6) is 0.120. The highest BCUT2D eigenvalue weighted by molar-refractivity contribution is 5.94. The van der Waals surface area contributed by atoms with Crippen LogP contribution in [0, 0.1) is 0 Å². The standard InChI is InChI=1S/C27H34N4O.C3H4N2/c1-3-29(4-2)25-12-8-9-13-26(25)31(20-22-10-6-5-7-11-22)27(32)23-14-16-24(17-15-23)30-19-18-28-21-30;1-2-5-3-4-1/h5-7,10-11,14-19,21,25-26H,3-4,8-9,12-13,20H2,1-2H3;1-3H,(H,4,5). The van der Waals surface area contributed by atoms with E-state index >= 15 is 0 Å². The molecule has 37 heavy (non-hydrogen) atoms. The van der Waals surface area contributed by atoms with Crippen LogP contribution in [-0.2, 0) is 6.54 Å². The quantitative estimate of drug-likeness (QED) is 0.344. The lowest BCUT2D eigenvalue weighted by molar-refractivity contribution is 0.0349. The van der Waals surface area contributed by atoms with Crippen LogP contribution in [0.25, 0.3) is 5.69 Å². The third-order valence-corrected chi connectivity index (χ3v) is 7.15. The lowest BCUT2D eigenvalue weighted by atomic mass is 9.87. The SMILES string of the molecule is CCN(CC)C1CCCCC1N(Cc1ccccc1)C(=O)c1ccc(-n2ccnc2)cc1.c1c[nH]cn1. The van der Waals surface area contributed by atoms with Gasteiger partial charge < -0.3 is 14.5 Å². The highest BCUT2D eigenvalue weighted by atomic mass is 16.2. The summed E-state index contributed by atoms with van der Waals surface area (Å²) in [5, 5.41) is 0. The van der Waals surface area contributed by atoms with Crippen molar-refractivity contribution in [3.05, 3.63) is 103 Å². The molecule has 1 aliphatic carbocycles. The van der Waals surface area contributed by atoms with E-state index < -0.39 is 0 Å². The molecule has 7 nitrogen and oxygen atoms in total. The number of benzene rings is 2. The molecule has 2 aromatic heterocycles. The molecular weight excluding hydrogens is 460 g/mol. The molecule has 7 heteroatoms. The molecule has 0 saturated heterocycles. The van der Waals surface area contributed by atoms with E-state index in [4.69, 9.17) is 0 Å². The van der Waals surface area contributed by atoms with Crippen LogP contribution in [0.3, 0.4) is 0 Å². The number of hydrogen-bond donors (Lipinski definition) is 1. The van der Waals surface area contributed by atoms with Gasteiger partial charge in [-0.25, -0.2) is 9.97 Å². The molecule has 0 spiro atoms. The van der Waals surface area contributed by atoms with Crippen LogP contribution >= 0.6 is 0 Å². The summed E-state index contributed by atoms with van der Waals surface area (Å²) < 4.78 is 1.95. The molecule has 2 atom stereocenters. The second-order valence-electron chi connectivity index (χ2n) is 9.34. The molecule has 0 radical (unpaired) electrons. The third kappa shape index (κ3) is 6.95. The maximum absolute atomic E-state index is 13.9. The van der Waals surface area contributed by atoms with Crippen molar-refractivity contribution < 1.29 is 4.79 Å². The summed E-state index contributed by atoms with van der Waals surface area (Å²) in [6, 6.07) is 18.9. The van der Waals surface area contributed by atoms with Gasteiger partial charge in [0.1, 0.15) is 0 Å². The minimum Gasteiger partial charge on any atom is -0.351 e. The number of amides is 1. The molecule has 0 aliphatic heterocycles. The van der Waals surface area contributed by atoms with Crippen LogP contribution in [0.4, 0.5) is 0 Å². The highest BCUT2D eigenvalue weighted by Crippen LogP contribution is 2.30. The van der Waals surface area contributed by atoms with Crippen molar-refractivity contribution in [3.8, 4) is 5.69 Å². The van der Waals surface area contributed by atoms with E-state index in [9.17, 15) is 4.79 Å². The molecule has 4 aromatic rings. The van der Waals surface area contributed by atoms with Gasteiger partial charge in [-0.3, -0.25) is 9.69 Å². The van der Waals surface area contributed by atoms with E-state index in [0.29, 0.717) is 12.6 Å². The zero-order chi connectivity index (χ0) is 25.9. The first-order valence-corrected chi connectivity index (χ1v) is 13.3. The predicted octanol–water partition coefficient (Wildman–Crippen LogP) is 5.58. The molecule has 1 saturated carbocycles. The van der Waals surface area contributed by atoms with E-state index in [1.807, 2.05) is 41.1 Å². The number of H-pyrrole nitrogens is 1. The molecule has 1 N–H and O–H groups in total. The van der Waals surface area contributed by atoms with Crippen LogP contribution in [0.1, 0.15) is 55.5 Å². The normalized spacial score (nSPS) is 17.2. The summed E-state index contributed by atoms with van der Waals surface area (Å²) in [7, 11) is 0. The van der Waals surface area contributed by atoms with Crippen molar-refractivity contribution in [1.82, 2.24) is 29.3 Å². The van der Waals surface area contributed by atoms with Gasteiger partial charge in [0, 0.05) is 54.7 Å². The number of aromatic nitrogens is 4. The summed E-state index contributed by atoms with van der Waals surface area (Å²) in [6.45, 7) is 7.14. The maximum Gasteiger partial charge on any atom is 0.254 e. The number of likely N-dealkylation sites (N-methyl/N-ethyl adjacent to an activating group) is 1. The Kier molecular flexibility index (Phi) is 9.66. The number of imidazole rings is 2. The van der Waals surface area contributed by atoms with Gasteiger partial charge in [-0.2, -0.15) is 0 Å². The Labute approximate surface area is 220 Å². The predicted molar refractivity (Wildman–Crippen MR) is 147 cm³/mol. The molecule has 0 bridgehead atoms. The first-order valence-electron chi connectivity index (χ1n) is 13.3. The van der Waals surface area contributed by atoms with Crippen LogP contribution in [0.15, 0.2) is 92.0 Å². The Morgan fingerprint density at radius 3 is 2.24 bits per heavy atom. The van der Waals surface area contributed by atoms with Crippen molar-refractivity contribution >= 4 is 5.91 Å². The Balaban J connectivity index is 0.000000572. The molecule has 194 valence electrons. The number of hydrogen-bond acceptors (Lipinski definition) is 4. The maximum atomic E-state index is 13.9. The van der Waals surface area contributed by atoms with E-state index in [-0.39, 0.29) is 11.9 Å². The van der Waals surface area contributed by atoms with E-state index in [1.165, 1.54) is 18.4 Å². The number of carbonyl (C=O) groups is 1. The van der Waals surface area contributed by atoms with Gasteiger partial charge in [-0.05, 0) is 55.8 Å². The van der Waals surface area contributed by atoms with Gasteiger partial charge in [0.2, 0.25) is 0 Å². The third-order valence-electron chi connectivity index (χ3n) is 7.15. The van der Waals surface area contributed by atoms with Gasteiger partial charge in [0.15, 0.2) is 0 Å². The fourth-order valence-electron chi connectivity index (χ4n) is 5.26. The number of nitrogens with one attached hydrogen (secondary N) is 1. The zero-order valence-corrected chi connectivity index (χ0v) is 21.9. The number of carbonyl (C=O) groups excluding carboxylic acids is 1. The second kappa shape index (κ2) is 13.6. The largest absolute Gasteiger partial charge is 0.351 e. The average Bonchev–Trinajstić information content (AvgIpc) is 3.71.